The number of carboxylic acids is 1. The van der Waals surface area contributed by atoms with Gasteiger partial charge in [-0.1, -0.05) is 20.8 Å². The zero-order chi connectivity index (χ0) is 13.4. The molecule has 1 saturated heterocycles. The van der Waals surface area contributed by atoms with E-state index in [0.717, 1.165) is 25.7 Å². The van der Waals surface area contributed by atoms with E-state index in [0.29, 0.717) is 13.0 Å². The van der Waals surface area contributed by atoms with Crippen molar-refractivity contribution in [1.82, 2.24) is 0 Å². The fourth-order valence-electron chi connectivity index (χ4n) is 4.68. The van der Waals surface area contributed by atoms with Crippen LogP contribution in [0.1, 0.15) is 52.9 Å². The number of carbonyl (C=O) groups is 1. The molecule has 2 atom stereocenters. The van der Waals surface area contributed by atoms with Crippen LogP contribution in [0.2, 0.25) is 0 Å². The lowest BCUT2D eigenvalue weighted by Crippen LogP contribution is -2.57. The topological polar surface area (TPSA) is 55.8 Å². The van der Waals surface area contributed by atoms with E-state index in [2.05, 4.69) is 20.8 Å². The Kier molecular flexibility index (Phi) is 3.45. The summed E-state index contributed by atoms with van der Waals surface area (Å²) in [4.78, 5) is 11.9. The minimum Gasteiger partial charge on any atom is -0.479 e. The molecule has 2 aliphatic rings. The standard InChI is InChI=1S/C14H24O4/c1-4-12-7-8-14(11(15)16,18-10-17-9-12)13(12,5-2)6-3/h4-10H2,1-3H3,(H,15,16)/t12?,14-/m0/s1. The van der Waals surface area contributed by atoms with Crippen molar-refractivity contribution >= 4 is 5.97 Å². The Morgan fingerprint density at radius 2 is 1.83 bits per heavy atom. The molecule has 2 rings (SSSR count). The van der Waals surface area contributed by atoms with Crippen LogP contribution in [-0.2, 0) is 14.3 Å². The van der Waals surface area contributed by atoms with E-state index in [9.17, 15) is 9.90 Å². The van der Waals surface area contributed by atoms with Gasteiger partial charge in [0.15, 0.2) is 5.60 Å². The third kappa shape index (κ3) is 1.36. The maximum Gasteiger partial charge on any atom is 0.336 e. The van der Waals surface area contributed by atoms with Gasteiger partial charge in [0.05, 0.1) is 6.61 Å². The fraction of sp³-hybridized carbons (Fsp3) is 0.929. The summed E-state index contributed by atoms with van der Waals surface area (Å²) in [7, 11) is 0. The van der Waals surface area contributed by atoms with Crippen LogP contribution < -0.4 is 0 Å². The Hall–Kier alpha value is -0.610. The van der Waals surface area contributed by atoms with Crippen molar-refractivity contribution in [2.75, 3.05) is 13.4 Å². The van der Waals surface area contributed by atoms with Gasteiger partial charge in [-0.25, -0.2) is 4.79 Å². The molecule has 1 aliphatic carbocycles. The molecule has 0 aromatic carbocycles. The summed E-state index contributed by atoms with van der Waals surface area (Å²) in [5, 5.41) is 9.77. The van der Waals surface area contributed by atoms with E-state index < -0.39 is 11.6 Å². The maximum atomic E-state index is 11.9. The first-order valence-electron chi connectivity index (χ1n) is 6.99. The average Bonchev–Trinajstić information content (AvgIpc) is 2.54. The van der Waals surface area contributed by atoms with Gasteiger partial charge in [-0.3, -0.25) is 0 Å². The first kappa shape index (κ1) is 13.8. The number of hydrogen-bond acceptors (Lipinski definition) is 3. The molecular weight excluding hydrogens is 232 g/mol. The molecule has 1 N–H and O–H groups in total. The second-order valence-corrected chi connectivity index (χ2v) is 5.67. The smallest absolute Gasteiger partial charge is 0.336 e. The summed E-state index contributed by atoms with van der Waals surface area (Å²) in [5.41, 5.74) is -1.41. The van der Waals surface area contributed by atoms with Gasteiger partial charge in [0.25, 0.3) is 0 Å². The monoisotopic (exact) mass is 256 g/mol. The largest absolute Gasteiger partial charge is 0.479 e. The van der Waals surface area contributed by atoms with Crippen molar-refractivity contribution in [1.29, 1.82) is 0 Å². The zero-order valence-electron chi connectivity index (χ0n) is 11.6. The maximum absolute atomic E-state index is 11.9. The lowest BCUT2D eigenvalue weighted by atomic mass is 9.57. The minimum absolute atomic E-state index is 0.0502. The van der Waals surface area contributed by atoms with Crippen molar-refractivity contribution in [3.8, 4) is 0 Å². The summed E-state index contributed by atoms with van der Waals surface area (Å²) < 4.78 is 11.3. The van der Waals surface area contributed by atoms with Gasteiger partial charge in [0.2, 0.25) is 0 Å². The molecule has 0 aromatic rings. The lowest BCUT2D eigenvalue weighted by Gasteiger charge is -2.49. The number of aliphatic carboxylic acids is 1. The predicted molar refractivity (Wildman–Crippen MR) is 67.2 cm³/mol. The molecule has 1 saturated carbocycles. The van der Waals surface area contributed by atoms with E-state index in [1.807, 2.05) is 0 Å². The molecule has 1 aliphatic heterocycles. The van der Waals surface area contributed by atoms with Crippen molar-refractivity contribution in [2.45, 2.75) is 58.5 Å². The highest BCUT2D eigenvalue weighted by Crippen LogP contribution is 2.66. The van der Waals surface area contributed by atoms with E-state index in [1.54, 1.807) is 0 Å². The Balaban J connectivity index is 2.61. The summed E-state index contributed by atoms with van der Waals surface area (Å²) >= 11 is 0. The third-order valence-electron chi connectivity index (χ3n) is 5.74. The SMILES string of the molecule is CCC12CC[C@@](C(=O)O)(OCOC1)C2(CC)CC. The molecule has 104 valence electrons. The Bertz CT molecular complexity index is 337. The van der Waals surface area contributed by atoms with Crippen molar-refractivity contribution in [3.05, 3.63) is 0 Å². The lowest BCUT2D eigenvalue weighted by molar-refractivity contribution is -0.199. The summed E-state index contributed by atoms with van der Waals surface area (Å²) in [6, 6.07) is 0. The molecule has 0 aromatic heterocycles. The van der Waals surface area contributed by atoms with Crippen LogP contribution in [-0.4, -0.2) is 30.1 Å². The van der Waals surface area contributed by atoms with Gasteiger partial charge in [-0.15, -0.1) is 0 Å². The van der Waals surface area contributed by atoms with Crippen LogP contribution in [0.3, 0.4) is 0 Å². The highest BCUT2D eigenvalue weighted by atomic mass is 16.7. The second-order valence-electron chi connectivity index (χ2n) is 5.67. The number of fused-ring (bicyclic) bond motifs is 2. The third-order valence-corrected chi connectivity index (χ3v) is 5.74. The van der Waals surface area contributed by atoms with E-state index in [-0.39, 0.29) is 17.6 Å². The molecular formula is C14H24O4. The quantitative estimate of drug-likeness (QED) is 0.840. The molecule has 1 unspecified atom stereocenters. The van der Waals surface area contributed by atoms with Crippen molar-refractivity contribution < 1.29 is 19.4 Å². The second kappa shape index (κ2) is 4.49. The summed E-state index contributed by atoms with van der Waals surface area (Å²) in [6.07, 6.45) is 4.10. The molecule has 0 radical (unpaired) electrons. The number of rotatable bonds is 4. The minimum atomic E-state index is -1.05. The average molecular weight is 256 g/mol. The molecule has 4 nitrogen and oxygen atoms in total. The van der Waals surface area contributed by atoms with Crippen LogP contribution in [0, 0.1) is 10.8 Å². The Labute approximate surface area is 109 Å². The van der Waals surface area contributed by atoms with Crippen LogP contribution >= 0.6 is 0 Å². The van der Waals surface area contributed by atoms with E-state index in [4.69, 9.17) is 9.47 Å². The molecule has 0 spiro atoms. The van der Waals surface area contributed by atoms with Crippen LogP contribution in [0.4, 0.5) is 0 Å². The molecule has 0 amide bonds. The van der Waals surface area contributed by atoms with Gasteiger partial charge in [-0.2, -0.15) is 0 Å². The Morgan fingerprint density at radius 3 is 2.33 bits per heavy atom. The number of ether oxygens (including phenoxy) is 2. The van der Waals surface area contributed by atoms with Crippen molar-refractivity contribution in [2.24, 2.45) is 10.8 Å². The zero-order valence-corrected chi connectivity index (χ0v) is 11.6. The van der Waals surface area contributed by atoms with Crippen molar-refractivity contribution in [3.63, 3.8) is 0 Å². The molecule has 2 bridgehead atoms. The summed E-state index contributed by atoms with van der Waals surface area (Å²) in [6.45, 7) is 7.06. The summed E-state index contributed by atoms with van der Waals surface area (Å²) in [5.74, 6) is -0.813. The Morgan fingerprint density at radius 1 is 1.17 bits per heavy atom. The van der Waals surface area contributed by atoms with Crippen LogP contribution in [0.15, 0.2) is 0 Å². The van der Waals surface area contributed by atoms with Gasteiger partial charge in [0, 0.05) is 10.8 Å². The van der Waals surface area contributed by atoms with E-state index in [1.165, 1.54) is 0 Å². The van der Waals surface area contributed by atoms with Gasteiger partial charge in [-0.05, 0) is 32.1 Å². The first-order chi connectivity index (χ1) is 8.54. The molecule has 18 heavy (non-hydrogen) atoms. The van der Waals surface area contributed by atoms with Gasteiger partial charge < -0.3 is 14.6 Å². The molecule has 1 heterocycles. The molecule has 4 heteroatoms. The highest BCUT2D eigenvalue weighted by molar-refractivity contribution is 5.80. The number of hydrogen-bond donors (Lipinski definition) is 1. The van der Waals surface area contributed by atoms with Gasteiger partial charge >= 0.3 is 5.97 Å². The van der Waals surface area contributed by atoms with Gasteiger partial charge in [0.1, 0.15) is 6.79 Å². The van der Waals surface area contributed by atoms with Crippen LogP contribution in [0.5, 0.6) is 0 Å². The molecule has 2 fully saturated rings. The van der Waals surface area contributed by atoms with E-state index >= 15 is 0 Å². The fourth-order valence-corrected chi connectivity index (χ4v) is 4.68. The predicted octanol–water partition coefficient (Wildman–Crippen LogP) is 2.81. The van der Waals surface area contributed by atoms with Crippen LogP contribution in [0.25, 0.3) is 0 Å². The first-order valence-corrected chi connectivity index (χ1v) is 6.99. The highest BCUT2D eigenvalue weighted by Gasteiger charge is 2.70. The normalized spacial score (nSPS) is 38.4. The number of carboxylic acid groups (broad SMARTS) is 1.